The number of aliphatic hydroxyl groups is 2. The minimum Gasteiger partial charge on any atom is -0.456 e. The van der Waals surface area contributed by atoms with E-state index in [1.54, 1.807) is 27.7 Å². The minimum atomic E-state index is -1.15. The maximum atomic E-state index is 11.1. The lowest BCUT2D eigenvalue weighted by Crippen LogP contribution is -2.21. The maximum absolute atomic E-state index is 11.1. The quantitative estimate of drug-likeness (QED) is 0.184. The van der Waals surface area contributed by atoms with Gasteiger partial charge >= 0.3 is 0 Å². The molecule has 10 aromatic rings. The van der Waals surface area contributed by atoms with E-state index in [1.165, 1.54) is 44.2 Å². The molecule has 62 heavy (non-hydrogen) atoms. The number of rotatable bonds is 4. The van der Waals surface area contributed by atoms with Crippen molar-refractivity contribution in [2.24, 2.45) is 0 Å². The number of para-hydroxylation sites is 4. The van der Waals surface area contributed by atoms with Crippen molar-refractivity contribution >= 4 is 43.9 Å². The molecule has 0 spiro atoms. The Morgan fingerprint density at radius 2 is 0.758 bits per heavy atom. The first kappa shape index (κ1) is 38.3. The van der Waals surface area contributed by atoms with Gasteiger partial charge in [0.25, 0.3) is 0 Å². The summed E-state index contributed by atoms with van der Waals surface area (Å²) < 4.78 is 25.1. The van der Waals surface area contributed by atoms with Gasteiger partial charge in [-0.3, -0.25) is 0 Å². The third-order valence-corrected chi connectivity index (χ3v) is 13.3. The van der Waals surface area contributed by atoms with Crippen molar-refractivity contribution in [3.05, 3.63) is 167 Å². The first-order chi connectivity index (χ1) is 29.5. The van der Waals surface area contributed by atoms with E-state index in [2.05, 4.69) is 76.2 Å². The molecule has 308 valence electrons. The smallest absolute Gasteiger partial charge is 0.139 e. The Kier molecular flexibility index (Phi) is 8.01. The summed E-state index contributed by atoms with van der Waals surface area (Å²) in [5.74, 6) is 3.35. The second-order valence-electron chi connectivity index (χ2n) is 19.2. The van der Waals surface area contributed by atoms with E-state index in [-0.39, 0.29) is 10.8 Å². The molecule has 4 aromatic heterocycles. The average molecular weight is 817 g/mol. The van der Waals surface area contributed by atoms with Gasteiger partial charge in [0.1, 0.15) is 45.4 Å². The van der Waals surface area contributed by atoms with Gasteiger partial charge in [-0.2, -0.15) is 0 Å². The summed E-state index contributed by atoms with van der Waals surface area (Å²) in [4.78, 5) is 0. The second kappa shape index (κ2) is 13.0. The highest BCUT2D eigenvalue weighted by Crippen LogP contribution is 2.59. The van der Waals surface area contributed by atoms with Gasteiger partial charge in [-0.05, 0) is 111 Å². The van der Waals surface area contributed by atoms with Crippen LogP contribution in [0.3, 0.4) is 0 Å². The number of furan rings is 4. The molecule has 6 nitrogen and oxygen atoms in total. The van der Waals surface area contributed by atoms with Gasteiger partial charge in [-0.1, -0.05) is 100 Å². The largest absolute Gasteiger partial charge is 0.456 e. The molecule has 2 aliphatic carbocycles. The topological polar surface area (TPSA) is 93.0 Å². The van der Waals surface area contributed by atoms with Crippen molar-refractivity contribution in [2.75, 3.05) is 0 Å². The van der Waals surface area contributed by atoms with Crippen LogP contribution in [0.2, 0.25) is 0 Å². The lowest BCUT2D eigenvalue weighted by Gasteiger charge is -2.27. The third kappa shape index (κ3) is 5.63. The number of hydrogen-bond acceptors (Lipinski definition) is 6. The van der Waals surface area contributed by atoms with Crippen LogP contribution in [0.15, 0.2) is 151 Å². The standard InChI is InChI=1S/C28H26O4.C28H22O2/c1-27(2,29)21-15-20(26-14-18-10-6-8-12-24(18)32-26)22(28(3,4)30)16-19(21)25-13-17-9-5-7-11-23(17)31-25;1-27(2)19-13-18-20(14-17(19)25-23(27)15-9-5-7-11-21(15)29-25)28(3,4)24-16-10-6-8-12-22(16)30-26(18)24/h5-16,29-30H,1-4H3;5-14H,1-4H3. The van der Waals surface area contributed by atoms with Gasteiger partial charge in [0, 0.05) is 65.8 Å². The van der Waals surface area contributed by atoms with Crippen LogP contribution in [0, 0.1) is 0 Å². The van der Waals surface area contributed by atoms with Crippen molar-refractivity contribution in [2.45, 2.75) is 77.4 Å². The molecule has 0 saturated carbocycles. The van der Waals surface area contributed by atoms with Crippen LogP contribution in [0.1, 0.15) is 88.8 Å². The highest BCUT2D eigenvalue weighted by Gasteiger charge is 2.46. The molecule has 0 atom stereocenters. The summed E-state index contributed by atoms with van der Waals surface area (Å²) in [5, 5.41) is 26.6. The average Bonchev–Trinajstić information content (AvgIpc) is 4.08. The Bertz CT molecular complexity index is 3140. The van der Waals surface area contributed by atoms with Crippen LogP contribution in [-0.4, -0.2) is 10.2 Å². The van der Waals surface area contributed by atoms with E-state index in [0.717, 1.165) is 55.8 Å². The van der Waals surface area contributed by atoms with E-state index < -0.39 is 11.2 Å². The van der Waals surface area contributed by atoms with Crippen LogP contribution in [0.25, 0.3) is 89.2 Å². The first-order valence-corrected chi connectivity index (χ1v) is 21.4. The molecule has 12 rings (SSSR count). The lowest BCUT2D eigenvalue weighted by atomic mass is 9.78. The number of fused-ring (bicyclic) bond motifs is 12. The van der Waals surface area contributed by atoms with E-state index >= 15 is 0 Å². The maximum Gasteiger partial charge on any atom is 0.139 e. The van der Waals surface area contributed by atoms with E-state index in [4.69, 9.17) is 17.7 Å². The highest BCUT2D eigenvalue weighted by atomic mass is 16.3. The summed E-state index contributed by atoms with van der Waals surface area (Å²) >= 11 is 0. The van der Waals surface area contributed by atoms with Crippen LogP contribution >= 0.6 is 0 Å². The summed E-state index contributed by atoms with van der Waals surface area (Å²) in [7, 11) is 0. The normalized spacial score (nSPS) is 14.9. The zero-order valence-electron chi connectivity index (χ0n) is 36.2. The fourth-order valence-corrected chi connectivity index (χ4v) is 10.2. The fraction of sp³-hybridized carbons (Fsp3) is 0.214. The number of benzene rings is 6. The van der Waals surface area contributed by atoms with Crippen LogP contribution in [-0.2, 0) is 22.0 Å². The van der Waals surface area contributed by atoms with Crippen molar-refractivity contribution in [3.63, 3.8) is 0 Å². The van der Waals surface area contributed by atoms with E-state index in [1.807, 2.05) is 84.9 Å². The molecule has 6 aromatic carbocycles. The van der Waals surface area contributed by atoms with E-state index in [0.29, 0.717) is 22.6 Å². The van der Waals surface area contributed by atoms with E-state index in [9.17, 15) is 10.2 Å². The van der Waals surface area contributed by atoms with Gasteiger partial charge in [0.05, 0.1) is 11.2 Å². The Hall–Kier alpha value is -6.60. The molecule has 0 saturated heterocycles. The van der Waals surface area contributed by atoms with Crippen LogP contribution in [0.4, 0.5) is 0 Å². The molecular formula is C56H48O6. The summed E-state index contributed by atoms with van der Waals surface area (Å²) in [6.45, 7) is 16.2. The summed E-state index contributed by atoms with van der Waals surface area (Å²) in [6.07, 6.45) is 0. The molecule has 0 aliphatic heterocycles. The zero-order valence-corrected chi connectivity index (χ0v) is 36.2. The predicted octanol–water partition coefficient (Wildman–Crippen LogP) is 14.8. The van der Waals surface area contributed by atoms with Crippen LogP contribution in [0.5, 0.6) is 0 Å². The number of hydrogen-bond donors (Lipinski definition) is 2. The minimum absolute atomic E-state index is 0.120. The Labute approximate surface area is 360 Å². The summed E-state index contributed by atoms with van der Waals surface area (Å²) in [6, 6.07) is 44.9. The molecule has 6 heteroatoms. The van der Waals surface area contributed by atoms with Gasteiger partial charge in [0.2, 0.25) is 0 Å². The van der Waals surface area contributed by atoms with Gasteiger partial charge in [-0.15, -0.1) is 0 Å². The molecule has 0 unspecified atom stereocenters. The second-order valence-corrected chi connectivity index (χ2v) is 19.2. The molecule has 4 heterocycles. The highest BCUT2D eigenvalue weighted by molar-refractivity contribution is 5.99. The molecule has 0 radical (unpaired) electrons. The molecular weight excluding hydrogens is 769 g/mol. The van der Waals surface area contributed by atoms with Gasteiger partial charge in [0.15, 0.2) is 0 Å². The Morgan fingerprint density at radius 1 is 0.403 bits per heavy atom. The van der Waals surface area contributed by atoms with Gasteiger partial charge in [-0.25, -0.2) is 0 Å². The fourth-order valence-electron chi connectivity index (χ4n) is 10.2. The zero-order chi connectivity index (χ0) is 43.1. The van der Waals surface area contributed by atoms with Gasteiger partial charge < -0.3 is 27.9 Å². The Morgan fingerprint density at radius 3 is 1.13 bits per heavy atom. The molecule has 0 bridgehead atoms. The first-order valence-electron chi connectivity index (χ1n) is 21.4. The molecule has 2 aliphatic rings. The lowest BCUT2D eigenvalue weighted by molar-refractivity contribution is 0.0751. The monoisotopic (exact) mass is 816 g/mol. The Balaban J connectivity index is 0.000000139. The summed E-state index contributed by atoms with van der Waals surface area (Å²) in [5.41, 5.74) is 11.5. The predicted molar refractivity (Wildman–Crippen MR) is 248 cm³/mol. The van der Waals surface area contributed by atoms with Crippen LogP contribution < -0.4 is 0 Å². The molecule has 0 amide bonds. The van der Waals surface area contributed by atoms with Crippen molar-refractivity contribution < 1.29 is 27.9 Å². The molecule has 0 fully saturated rings. The van der Waals surface area contributed by atoms with Crippen molar-refractivity contribution in [3.8, 4) is 45.3 Å². The van der Waals surface area contributed by atoms with Crippen molar-refractivity contribution in [1.82, 2.24) is 0 Å². The molecule has 2 N–H and O–H groups in total. The SMILES string of the molecule is CC(C)(O)c1cc(-c2cc3ccccc3o2)c(C(C)(C)O)cc1-c1cc2ccccc2o1.CC1(C)c2cc3c(cc2-c2oc4ccccc4c21)C(C)(C)c1c-3oc2ccccc12. The van der Waals surface area contributed by atoms with Crippen molar-refractivity contribution in [1.29, 1.82) is 0 Å². The third-order valence-electron chi connectivity index (χ3n) is 13.3.